The average Bonchev–Trinajstić information content (AvgIpc) is 3.18. The van der Waals surface area contributed by atoms with Gasteiger partial charge >= 0.3 is 5.97 Å². The Bertz CT molecular complexity index is 852. The second-order valence-electron chi connectivity index (χ2n) is 6.04. The van der Waals surface area contributed by atoms with E-state index in [1.807, 2.05) is 4.90 Å². The lowest BCUT2D eigenvalue weighted by atomic mass is 10.0. The highest BCUT2D eigenvalue weighted by Crippen LogP contribution is 2.29. The number of carboxylic acids is 1. The molecule has 1 aliphatic rings. The largest absolute Gasteiger partial charge is 0.477 e. The zero-order valence-corrected chi connectivity index (χ0v) is 16.1. The van der Waals surface area contributed by atoms with E-state index in [2.05, 4.69) is 15.3 Å². The first-order chi connectivity index (χ1) is 12.3. The molecule has 0 aliphatic carbocycles. The minimum Gasteiger partial charge on any atom is -0.477 e. The van der Waals surface area contributed by atoms with Crippen LogP contribution in [0.2, 0.25) is 10.0 Å². The van der Waals surface area contributed by atoms with Crippen LogP contribution in [-0.2, 0) is 0 Å². The van der Waals surface area contributed by atoms with Gasteiger partial charge in [-0.15, -0.1) is 0 Å². The number of rotatable bonds is 4. The van der Waals surface area contributed by atoms with Crippen molar-refractivity contribution in [2.75, 3.05) is 18.0 Å². The van der Waals surface area contributed by atoms with Crippen LogP contribution in [0.15, 0.2) is 6.20 Å². The zero-order chi connectivity index (χ0) is 19.0. The summed E-state index contributed by atoms with van der Waals surface area (Å²) in [5.74, 6) is -1.36. The van der Waals surface area contributed by atoms with E-state index in [4.69, 9.17) is 34.0 Å². The SMILES string of the molecule is Cc1[nH]c(C(=O)N[C@H]2CCN(c3ncc(C(=O)O)s3)C[C@H]2N)c(Cl)c1Cl. The van der Waals surface area contributed by atoms with Gasteiger partial charge in [0.15, 0.2) is 5.13 Å². The predicted octanol–water partition coefficient (Wildman–Crippen LogP) is 2.12. The van der Waals surface area contributed by atoms with Crippen molar-refractivity contribution in [3.63, 3.8) is 0 Å². The van der Waals surface area contributed by atoms with Gasteiger partial charge in [-0.05, 0) is 13.3 Å². The monoisotopic (exact) mass is 417 g/mol. The number of hydrogen-bond acceptors (Lipinski definition) is 6. The molecule has 0 spiro atoms. The number of H-pyrrole nitrogens is 1. The van der Waals surface area contributed by atoms with Crippen LogP contribution >= 0.6 is 34.5 Å². The van der Waals surface area contributed by atoms with Gasteiger partial charge in [0.2, 0.25) is 0 Å². The van der Waals surface area contributed by atoms with E-state index in [0.29, 0.717) is 35.4 Å². The van der Waals surface area contributed by atoms with E-state index >= 15 is 0 Å². The number of carbonyl (C=O) groups is 2. The molecule has 2 aromatic heterocycles. The fourth-order valence-electron chi connectivity index (χ4n) is 2.81. The zero-order valence-electron chi connectivity index (χ0n) is 13.8. The van der Waals surface area contributed by atoms with Crippen molar-refractivity contribution in [3.8, 4) is 0 Å². The molecule has 0 unspecified atom stereocenters. The first kappa shape index (κ1) is 19.0. The number of carboxylic acid groups (broad SMARTS) is 1. The van der Waals surface area contributed by atoms with E-state index in [-0.39, 0.29) is 33.6 Å². The molecule has 0 radical (unpaired) electrons. The molecule has 0 saturated carbocycles. The fourth-order valence-corrected chi connectivity index (χ4v) is 4.02. The van der Waals surface area contributed by atoms with Crippen LogP contribution in [0.25, 0.3) is 0 Å². The van der Waals surface area contributed by atoms with Gasteiger partial charge in [0.05, 0.1) is 16.2 Å². The maximum atomic E-state index is 12.4. The Morgan fingerprint density at radius 3 is 2.73 bits per heavy atom. The second-order valence-corrected chi connectivity index (χ2v) is 7.81. The molecule has 140 valence electrons. The molecule has 26 heavy (non-hydrogen) atoms. The first-order valence-electron chi connectivity index (χ1n) is 7.82. The third-order valence-electron chi connectivity index (χ3n) is 4.23. The molecule has 3 heterocycles. The van der Waals surface area contributed by atoms with Crippen LogP contribution in [0.5, 0.6) is 0 Å². The molecular weight excluding hydrogens is 401 g/mol. The number of piperidine rings is 1. The third-order valence-corrected chi connectivity index (χ3v) is 6.22. The second kappa shape index (κ2) is 7.43. The lowest BCUT2D eigenvalue weighted by Gasteiger charge is -2.36. The van der Waals surface area contributed by atoms with Gasteiger partial charge in [-0.2, -0.15) is 0 Å². The van der Waals surface area contributed by atoms with Crippen LogP contribution in [0, 0.1) is 6.92 Å². The van der Waals surface area contributed by atoms with Crippen molar-refractivity contribution in [1.82, 2.24) is 15.3 Å². The molecule has 0 aromatic carbocycles. The van der Waals surface area contributed by atoms with Crippen LogP contribution in [0.3, 0.4) is 0 Å². The van der Waals surface area contributed by atoms with E-state index in [1.54, 1.807) is 6.92 Å². The van der Waals surface area contributed by atoms with Gasteiger partial charge in [-0.25, -0.2) is 9.78 Å². The van der Waals surface area contributed by atoms with Gasteiger partial charge in [0.25, 0.3) is 5.91 Å². The molecule has 2 atom stereocenters. The van der Waals surface area contributed by atoms with Crippen molar-refractivity contribution in [1.29, 1.82) is 0 Å². The average molecular weight is 418 g/mol. The summed E-state index contributed by atoms with van der Waals surface area (Å²) in [4.78, 5) is 32.5. The number of carbonyl (C=O) groups excluding carboxylic acids is 1. The number of nitrogens with zero attached hydrogens (tertiary/aromatic N) is 2. The molecule has 5 N–H and O–H groups in total. The smallest absolute Gasteiger partial charge is 0.347 e. The summed E-state index contributed by atoms with van der Waals surface area (Å²) in [6, 6.07) is -0.578. The van der Waals surface area contributed by atoms with Crippen molar-refractivity contribution in [3.05, 3.63) is 32.5 Å². The van der Waals surface area contributed by atoms with Crippen molar-refractivity contribution in [2.45, 2.75) is 25.4 Å². The number of amides is 1. The van der Waals surface area contributed by atoms with Crippen molar-refractivity contribution < 1.29 is 14.7 Å². The molecule has 1 fully saturated rings. The number of nitrogens with one attached hydrogen (secondary N) is 2. The number of nitrogens with two attached hydrogens (primary N) is 1. The number of aromatic amines is 1. The Labute approximate surface area is 163 Å². The van der Waals surface area contributed by atoms with Gasteiger partial charge < -0.3 is 26.0 Å². The maximum absolute atomic E-state index is 12.4. The molecule has 2 aromatic rings. The molecule has 1 aliphatic heterocycles. The standard InChI is InChI=1S/C15H17Cl2N5O3S/c1-6-10(16)11(17)12(20-6)13(23)21-8-2-3-22(5-7(8)18)15-19-4-9(26-15)14(24)25/h4,7-8,20H,2-3,5,18H2,1H3,(H,21,23)(H,24,25)/t7-,8+/m1/s1. The van der Waals surface area contributed by atoms with Gasteiger partial charge in [-0.1, -0.05) is 34.5 Å². The molecule has 1 amide bonds. The number of aromatic nitrogens is 2. The number of anilines is 1. The van der Waals surface area contributed by atoms with Gasteiger partial charge in [0, 0.05) is 30.9 Å². The maximum Gasteiger partial charge on any atom is 0.347 e. The summed E-state index contributed by atoms with van der Waals surface area (Å²) in [6.45, 7) is 2.79. The van der Waals surface area contributed by atoms with Crippen LogP contribution in [-0.4, -0.2) is 52.1 Å². The number of hydrogen-bond donors (Lipinski definition) is 4. The normalized spacial score (nSPS) is 20.2. The van der Waals surface area contributed by atoms with Crippen LogP contribution < -0.4 is 16.0 Å². The third kappa shape index (κ3) is 3.66. The Morgan fingerprint density at radius 1 is 1.46 bits per heavy atom. The predicted molar refractivity (Wildman–Crippen MR) is 101 cm³/mol. The van der Waals surface area contributed by atoms with Gasteiger partial charge in [0.1, 0.15) is 10.6 Å². The quantitative estimate of drug-likeness (QED) is 0.603. The summed E-state index contributed by atoms with van der Waals surface area (Å²) in [6.07, 6.45) is 1.93. The highest BCUT2D eigenvalue weighted by Gasteiger charge is 2.30. The summed E-state index contributed by atoms with van der Waals surface area (Å²) < 4.78 is 0. The summed E-state index contributed by atoms with van der Waals surface area (Å²) >= 11 is 13.2. The Morgan fingerprint density at radius 2 is 2.19 bits per heavy atom. The Balaban J connectivity index is 1.64. The minimum absolute atomic E-state index is 0.178. The fraction of sp³-hybridized carbons (Fsp3) is 0.400. The molecule has 11 heteroatoms. The number of halogens is 2. The van der Waals surface area contributed by atoms with Crippen molar-refractivity contribution in [2.24, 2.45) is 5.73 Å². The summed E-state index contributed by atoms with van der Waals surface area (Å²) in [5.41, 5.74) is 7.05. The number of aryl methyl sites for hydroxylation is 1. The molecule has 0 bridgehead atoms. The van der Waals surface area contributed by atoms with Crippen molar-refractivity contribution >= 4 is 51.5 Å². The number of thiazole rings is 1. The molecule has 3 rings (SSSR count). The van der Waals surface area contributed by atoms with E-state index in [9.17, 15) is 9.59 Å². The van der Waals surface area contributed by atoms with E-state index in [1.165, 1.54) is 6.20 Å². The van der Waals surface area contributed by atoms with Crippen LogP contribution in [0.1, 0.15) is 32.3 Å². The highest BCUT2D eigenvalue weighted by atomic mass is 35.5. The first-order valence-corrected chi connectivity index (χ1v) is 9.39. The number of aromatic carboxylic acids is 1. The Kier molecular flexibility index (Phi) is 5.42. The van der Waals surface area contributed by atoms with E-state index < -0.39 is 5.97 Å². The summed E-state index contributed by atoms with van der Waals surface area (Å²) in [7, 11) is 0. The summed E-state index contributed by atoms with van der Waals surface area (Å²) in [5, 5.41) is 13.0. The highest BCUT2D eigenvalue weighted by molar-refractivity contribution is 7.17. The van der Waals surface area contributed by atoms with Crippen LogP contribution in [0.4, 0.5) is 5.13 Å². The molecule has 8 nitrogen and oxygen atoms in total. The van der Waals surface area contributed by atoms with Gasteiger partial charge in [-0.3, -0.25) is 4.79 Å². The Hall–Kier alpha value is -1.81. The van der Waals surface area contributed by atoms with E-state index in [0.717, 1.165) is 11.3 Å². The molecular formula is C15H17Cl2N5O3S. The lowest BCUT2D eigenvalue weighted by Crippen LogP contribution is -2.58. The molecule has 1 saturated heterocycles. The topological polar surface area (TPSA) is 124 Å². The minimum atomic E-state index is -1.00. The lowest BCUT2D eigenvalue weighted by molar-refractivity contribution is 0.0701.